The normalized spacial score (nSPS) is 10.0. The van der Waals surface area contributed by atoms with E-state index in [1.54, 1.807) is 0 Å². The Morgan fingerprint density at radius 2 is 2.18 bits per heavy atom. The molecule has 17 heavy (non-hydrogen) atoms. The van der Waals surface area contributed by atoms with E-state index in [0.29, 0.717) is 0 Å². The predicted octanol–water partition coefficient (Wildman–Crippen LogP) is 1.92. The van der Waals surface area contributed by atoms with Crippen LogP contribution in [0.5, 0.6) is 0 Å². The molecule has 1 N–H and O–H groups in total. The molecular formula is C10H6ClFN4O. The Morgan fingerprint density at radius 1 is 1.35 bits per heavy atom. The van der Waals surface area contributed by atoms with Crippen molar-refractivity contribution in [3.8, 4) is 0 Å². The minimum Gasteiger partial charge on any atom is -0.305 e. The molecule has 0 bridgehead atoms. The molecule has 0 saturated heterocycles. The lowest BCUT2D eigenvalue weighted by Crippen LogP contribution is -2.15. The quantitative estimate of drug-likeness (QED) is 0.655. The second-order valence-corrected chi connectivity index (χ2v) is 3.41. The second kappa shape index (κ2) is 4.84. The minimum absolute atomic E-state index is 0.0419. The molecule has 5 nitrogen and oxygen atoms in total. The van der Waals surface area contributed by atoms with Gasteiger partial charge in [0.25, 0.3) is 5.91 Å². The van der Waals surface area contributed by atoms with E-state index >= 15 is 0 Å². The molecule has 2 aromatic rings. The Bertz CT molecular complexity index is 564. The van der Waals surface area contributed by atoms with Crippen LogP contribution in [0, 0.1) is 5.95 Å². The number of halogens is 2. The number of amides is 1. The first-order chi connectivity index (χ1) is 8.15. The summed E-state index contributed by atoms with van der Waals surface area (Å²) in [6.07, 6.45) is 1.21. The second-order valence-electron chi connectivity index (χ2n) is 3.03. The van der Waals surface area contributed by atoms with E-state index in [4.69, 9.17) is 11.6 Å². The Hall–Kier alpha value is -2.08. The predicted molar refractivity (Wildman–Crippen MR) is 59.2 cm³/mol. The Balaban J connectivity index is 2.17. The van der Waals surface area contributed by atoms with Crippen LogP contribution in [-0.4, -0.2) is 20.9 Å². The van der Waals surface area contributed by atoms with E-state index in [9.17, 15) is 9.18 Å². The topological polar surface area (TPSA) is 67.8 Å². The zero-order valence-corrected chi connectivity index (χ0v) is 9.15. The van der Waals surface area contributed by atoms with Gasteiger partial charge in [-0.2, -0.15) is 4.39 Å². The Labute approximate surface area is 101 Å². The number of pyridine rings is 1. The van der Waals surface area contributed by atoms with Crippen molar-refractivity contribution in [3.05, 3.63) is 47.4 Å². The van der Waals surface area contributed by atoms with Crippen molar-refractivity contribution in [1.29, 1.82) is 0 Å². The molecule has 0 aliphatic carbocycles. The van der Waals surface area contributed by atoms with Gasteiger partial charge in [0.05, 0.1) is 0 Å². The third-order valence-corrected chi connectivity index (χ3v) is 2.03. The molecule has 0 aliphatic heterocycles. The van der Waals surface area contributed by atoms with E-state index in [-0.39, 0.29) is 16.7 Å². The third kappa shape index (κ3) is 2.94. The Kier molecular flexibility index (Phi) is 3.24. The highest BCUT2D eigenvalue weighted by atomic mass is 35.5. The highest BCUT2D eigenvalue weighted by molar-refractivity contribution is 6.29. The van der Waals surface area contributed by atoms with Gasteiger partial charge in [-0.05, 0) is 12.1 Å². The zero-order chi connectivity index (χ0) is 12.3. The van der Waals surface area contributed by atoms with Gasteiger partial charge in [0.15, 0.2) is 0 Å². The summed E-state index contributed by atoms with van der Waals surface area (Å²) in [5, 5.41) is 2.62. The molecule has 0 fully saturated rings. The van der Waals surface area contributed by atoms with Crippen LogP contribution in [0.3, 0.4) is 0 Å². The maximum atomic E-state index is 12.8. The molecular weight excluding hydrogens is 247 g/mol. The number of rotatable bonds is 2. The van der Waals surface area contributed by atoms with Crippen LogP contribution in [0.1, 0.15) is 10.5 Å². The smallest absolute Gasteiger partial charge is 0.275 e. The van der Waals surface area contributed by atoms with E-state index in [1.807, 2.05) is 0 Å². The van der Waals surface area contributed by atoms with Crippen LogP contribution >= 0.6 is 11.6 Å². The van der Waals surface area contributed by atoms with Crippen molar-refractivity contribution in [3.63, 3.8) is 0 Å². The minimum atomic E-state index is -0.724. The number of nitrogens with zero attached hydrogens (tertiary/aromatic N) is 3. The van der Waals surface area contributed by atoms with Crippen molar-refractivity contribution in [1.82, 2.24) is 15.0 Å². The molecule has 0 atom stereocenters. The fourth-order valence-electron chi connectivity index (χ4n) is 1.12. The molecule has 0 radical (unpaired) electrons. The van der Waals surface area contributed by atoms with Gasteiger partial charge in [0.1, 0.15) is 23.0 Å². The number of nitrogens with one attached hydrogen (secondary N) is 1. The fraction of sp³-hybridized carbons (Fsp3) is 0. The van der Waals surface area contributed by atoms with Crippen LogP contribution < -0.4 is 5.32 Å². The number of anilines is 1. The largest absolute Gasteiger partial charge is 0.305 e. The van der Waals surface area contributed by atoms with Crippen molar-refractivity contribution in [2.45, 2.75) is 0 Å². The van der Waals surface area contributed by atoms with E-state index in [0.717, 1.165) is 6.07 Å². The first kappa shape index (κ1) is 11.4. The average Bonchev–Trinajstić information content (AvgIpc) is 2.29. The van der Waals surface area contributed by atoms with Crippen molar-refractivity contribution >= 4 is 23.3 Å². The van der Waals surface area contributed by atoms with Crippen LogP contribution in [0.4, 0.5) is 10.2 Å². The van der Waals surface area contributed by atoms with Gasteiger partial charge < -0.3 is 5.32 Å². The summed E-state index contributed by atoms with van der Waals surface area (Å²) in [5.74, 6) is -1.07. The van der Waals surface area contributed by atoms with Crippen LogP contribution in [0.2, 0.25) is 5.15 Å². The molecule has 0 spiro atoms. The van der Waals surface area contributed by atoms with Crippen molar-refractivity contribution in [2.24, 2.45) is 0 Å². The van der Waals surface area contributed by atoms with Gasteiger partial charge in [-0.3, -0.25) is 4.79 Å². The van der Waals surface area contributed by atoms with Crippen molar-refractivity contribution < 1.29 is 9.18 Å². The number of hydrogen-bond donors (Lipinski definition) is 1. The molecule has 0 aromatic carbocycles. The lowest BCUT2D eigenvalue weighted by Gasteiger charge is -2.03. The summed E-state index contributed by atoms with van der Waals surface area (Å²) in [6.45, 7) is 0. The van der Waals surface area contributed by atoms with Crippen LogP contribution in [0.15, 0.2) is 30.6 Å². The summed E-state index contributed by atoms with van der Waals surface area (Å²) in [5.41, 5.74) is -0.0419. The standard InChI is InChI=1S/C10H6ClFN4O/c11-7-4-9(14-5-13-7)16-10(17)6-2-1-3-8(12)15-6/h1-5H,(H,13,14,16,17). The zero-order valence-electron chi connectivity index (χ0n) is 8.39. The number of carbonyl (C=O) groups excluding carboxylic acids is 1. The molecule has 2 rings (SSSR count). The van der Waals surface area contributed by atoms with E-state index in [2.05, 4.69) is 20.3 Å². The summed E-state index contributed by atoms with van der Waals surface area (Å²) in [6, 6.07) is 5.31. The van der Waals surface area contributed by atoms with Crippen LogP contribution in [0.25, 0.3) is 0 Å². The maximum absolute atomic E-state index is 12.8. The molecule has 1 amide bonds. The van der Waals surface area contributed by atoms with E-state index in [1.165, 1.54) is 24.5 Å². The number of hydrogen-bond acceptors (Lipinski definition) is 4. The van der Waals surface area contributed by atoms with Gasteiger partial charge in [0.2, 0.25) is 5.95 Å². The van der Waals surface area contributed by atoms with Gasteiger partial charge in [-0.15, -0.1) is 0 Å². The number of aromatic nitrogens is 3. The summed E-state index contributed by atoms with van der Waals surface area (Å²) < 4.78 is 12.8. The Morgan fingerprint density at radius 3 is 2.88 bits per heavy atom. The molecule has 7 heteroatoms. The monoisotopic (exact) mass is 252 g/mol. The van der Waals surface area contributed by atoms with Crippen molar-refractivity contribution in [2.75, 3.05) is 5.32 Å². The number of carbonyl (C=O) groups is 1. The molecule has 0 unspecified atom stereocenters. The molecule has 0 aliphatic rings. The van der Waals surface area contributed by atoms with Gasteiger partial charge >= 0.3 is 0 Å². The average molecular weight is 253 g/mol. The van der Waals surface area contributed by atoms with Crippen LogP contribution in [-0.2, 0) is 0 Å². The maximum Gasteiger partial charge on any atom is 0.275 e. The molecule has 2 heterocycles. The van der Waals surface area contributed by atoms with E-state index < -0.39 is 11.9 Å². The highest BCUT2D eigenvalue weighted by Crippen LogP contribution is 2.09. The molecule has 2 aromatic heterocycles. The fourth-order valence-corrected chi connectivity index (χ4v) is 1.26. The molecule has 0 saturated carbocycles. The lowest BCUT2D eigenvalue weighted by atomic mass is 10.3. The highest BCUT2D eigenvalue weighted by Gasteiger charge is 2.09. The first-order valence-electron chi connectivity index (χ1n) is 4.56. The summed E-state index contributed by atoms with van der Waals surface area (Å²) in [4.78, 5) is 22.5. The summed E-state index contributed by atoms with van der Waals surface area (Å²) >= 11 is 5.62. The van der Waals surface area contributed by atoms with Gasteiger partial charge in [-0.1, -0.05) is 17.7 Å². The van der Waals surface area contributed by atoms with Gasteiger partial charge in [-0.25, -0.2) is 15.0 Å². The summed E-state index contributed by atoms with van der Waals surface area (Å²) in [7, 11) is 0. The van der Waals surface area contributed by atoms with Gasteiger partial charge in [0, 0.05) is 6.07 Å². The SMILES string of the molecule is O=C(Nc1cc(Cl)ncn1)c1cccc(F)n1. The third-order valence-electron chi connectivity index (χ3n) is 1.82. The first-order valence-corrected chi connectivity index (χ1v) is 4.94. The molecule has 86 valence electrons. The lowest BCUT2D eigenvalue weighted by molar-refractivity contribution is 0.102.